The lowest BCUT2D eigenvalue weighted by Gasteiger charge is -2.42. The Morgan fingerprint density at radius 1 is 0.706 bits per heavy atom. The highest BCUT2D eigenvalue weighted by molar-refractivity contribution is 5.99. The van der Waals surface area contributed by atoms with Crippen LogP contribution in [0.5, 0.6) is 0 Å². The summed E-state index contributed by atoms with van der Waals surface area (Å²) in [6, 6.07) is 1.32. The number of rotatable bonds is 11. The molecule has 22 heteroatoms. The molecule has 2 aliphatic heterocycles. The topological polar surface area (TPSA) is 193 Å². The Hall–Kier alpha value is -5.70. The van der Waals surface area contributed by atoms with Crippen molar-refractivity contribution in [2.24, 2.45) is 0 Å². The molecule has 2 aromatic rings. The molecule has 0 saturated carbocycles. The summed E-state index contributed by atoms with van der Waals surface area (Å²) < 4.78 is 94.4. The molecule has 0 bridgehead atoms. The minimum absolute atomic E-state index is 0.0657. The molecule has 0 aliphatic carbocycles. The third kappa shape index (κ3) is 15.2. The Bertz CT molecular complexity index is 2120. The monoisotopic (exact) mass is 975 g/mol. The Morgan fingerprint density at radius 2 is 1.07 bits per heavy atom. The molecule has 68 heavy (non-hydrogen) atoms. The van der Waals surface area contributed by atoms with Gasteiger partial charge in [-0.25, -0.2) is 9.59 Å². The molecule has 16 nitrogen and oxygen atoms in total. The van der Waals surface area contributed by atoms with Crippen LogP contribution in [0, 0.1) is 10.1 Å². The summed E-state index contributed by atoms with van der Waals surface area (Å²) in [5.74, 6) is -1.74. The number of hydrogen-bond acceptors (Lipinski definition) is 11. The van der Waals surface area contributed by atoms with Crippen molar-refractivity contribution in [2.45, 2.75) is 156 Å². The second-order valence-corrected chi connectivity index (χ2v) is 19.3. The molecule has 2 aromatic carbocycles. The molecule has 2 fully saturated rings. The normalized spacial score (nSPS) is 16.9. The van der Waals surface area contributed by atoms with Gasteiger partial charge in [-0.2, -0.15) is 26.3 Å². The van der Waals surface area contributed by atoms with E-state index >= 15 is 0 Å². The minimum atomic E-state index is -4.91. The zero-order valence-corrected chi connectivity index (χ0v) is 41.0. The van der Waals surface area contributed by atoms with Gasteiger partial charge >= 0.3 is 24.5 Å². The van der Waals surface area contributed by atoms with Crippen molar-refractivity contribution in [3.63, 3.8) is 0 Å². The molecule has 0 spiro atoms. The smallest absolute Gasteiger partial charge is 0.417 e. The average molecular weight is 975 g/mol. The first-order chi connectivity index (χ1) is 31.2. The van der Waals surface area contributed by atoms with Gasteiger partial charge in [-0.3, -0.25) is 19.7 Å². The molecule has 2 saturated heterocycles. The number of likely N-dealkylation sites (tertiary alicyclic amines) is 2. The molecule has 4 amide bonds. The van der Waals surface area contributed by atoms with Crippen LogP contribution in [0.2, 0.25) is 0 Å². The average Bonchev–Trinajstić information content (AvgIpc) is 3.19. The second kappa shape index (κ2) is 22.6. The van der Waals surface area contributed by atoms with E-state index in [9.17, 15) is 55.6 Å². The fourth-order valence-electron chi connectivity index (χ4n) is 8.12. The van der Waals surface area contributed by atoms with Crippen molar-refractivity contribution >= 4 is 46.8 Å². The number of nitro groups is 1. The zero-order valence-electron chi connectivity index (χ0n) is 41.0. The third-order valence-electron chi connectivity index (χ3n) is 10.8. The van der Waals surface area contributed by atoms with Gasteiger partial charge in [-0.1, -0.05) is 0 Å². The zero-order chi connectivity index (χ0) is 51.9. The number of nitrogens with one attached hydrogen (secondary N) is 2. The molecular formula is C46H68F6N8O8. The van der Waals surface area contributed by atoms with Gasteiger partial charge in [-0.15, -0.1) is 0 Å². The standard InChI is InChI=1S/C23H33F3N4O5.C23H35F3N4O3/c1-7-27-18-12-17(23(24,25)26)16(11-19(18)30(33)34)20(31)29(14(2)3)15-9-8-10-28(13-15)21(32)35-22(4,5)6;1-7-28-19-12-17(23(24,25)26)16(11-18(19)27)20(31)30(14(2)3)15-9-8-10-29(13-15)21(32)33-22(4,5)6/h11-12,14-15,27H,7-10,13H2,1-6H3;11-12,14-15,28H,7-10,13,27H2,1-6H3/t2*15-/m11/s1. The SMILES string of the molecule is CCNc1cc(C(F)(F)F)c(C(=O)N(C(C)C)[C@@H]2CCCN(C(=O)OC(C)(C)C)C2)cc1N.CCNc1cc(C(F)(F)F)c(C(=O)N(C(C)C)[C@@H]2CCCN(C(=O)OC(C)(C)C)C2)cc1[N+](=O)[O-]. The first-order valence-corrected chi connectivity index (χ1v) is 22.7. The first-order valence-electron chi connectivity index (χ1n) is 22.7. The fourth-order valence-corrected chi connectivity index (χ4v) is 8.12. The number of hydrogen-bond donors (Lipinski definition) is 3. The molecule has 2 heterocycles. The van der Waals surface area contributed by atoms with E-state index in [1.54, 1.807) is 83.1 Å². The number of piperidine rings is 2. The number of nitrogens with two attached hydrogens (primary N) is 1. The Labute approximate surface area is 394 Å². The first kappa shape index (κ1) is 56.6. The molecular weight excluding hydrogens is 907 g/mol. The molecule has 4 rings (SSSR count). The summed E-state index contributed by atoms with van der Waals surface area (Å²) in [5, 5.41) is 16.9. The van der Waals surface area contributed by atoms with Crippen LogP contribution in [0.4, 0.5) is 58.7 Å². The number of carbonyl (C=O) groups excluding carboxylic acids is 4. The van der Waals surface area contributed by atoms with Crippen LogP contribution in [0.3, 0.4) is 0 Å². The number of nitrogens with zero attached hydrogens (tertiary/aromatic N) is 5. The van der Waals surface area contributed by atoms with E-state index in [1.807, 2.05) is 0 Å². The van der Waals surface area contributed by atoms with Gasteiger partial charge in [0.25, 0.3) is 17.5 Å². The van der Waals surface area contributed by atoms with Gasteiger partial charge in [0, 0.05) is 57.4 Å². The van der Waals surface area contributed by atoms with E-state index in [2.05, 4.69) is 10.6 Å². The summed E-state index contributed by atoms with van der Waals surface area (Å²) in [6.45, 7) is 22.2. The number of nitrogen functional groups attached to an aromatic ring is 1. The van der Waals surface area contributed by atoms with E-state index in [-0.39, 0.29) is 36.7 Å². The minimum Gasteiger partial charge on any atom is -0.444 e. The summed E-state index contributed by atoms with van der Waals surface area (Å²) >= 11 is 0. The van der Waals surface area contributed by atoms with Gasteiger partial charge < -0.3 is 45.4 Å². The molecule has 0 aromatic heterocycles. The number of alkyl halides is 6. The maximum absolute atomic E-state index is 14.0. The van der Waals surface area contributed by atoms with Gasteiger partial charge in [0.1, 0.15) is 16.9 Å². The van der Waals surface area contributed by atoms with Crippen molar-refractivity contribution < 1.29 is 59.9 Å². The predicted octanol–water partition coefficient (Wildman–Crippen LogP) is 10.3. The lowest BCUT2D eigenvalue weighted by atomic mass is 9.98. The summed E-state index contributed by atoms with van der Waals surface area (Å²) in [5.41, 5.74) is 0.234. The summed E-state index contributed by atoms with van der Waals surface area (Å²) in [4.78, 5) is 68.6. The van der Waals surface area contributed by atoms with Crippen LogP contribution >= 0.6 is 0 Å². The van der Waals surface area contributed by atoms with Crippen LogP contribution in [-0.2, 0) is 21.8 Å². The predicted molar refractivity (Wildman–Crippen MR) is 247 cm³/mol. The van der Waals surface area contributed by atoms with Gasteiger partial charge in [0.2, 0.25) is 0 Å². The number of ether oxygens (including phenoxy) is 2. The highest BCUT2D eigenvalue weighted by Crippen LogP contribution is 2.40. The van der Waals surface area contributed by atoms with Crippen molar-refractivity contribution in [3.05, 3.63) is 56.6 Å². The number of benzene rings is 2. The third-order valence-corrected chi connectivity index (χ3v) is 10.8. The summed E-state index contributed by atoms with van der Waals surface area (Å²) in [6.07, 6.45) is -8.57. The number of nitro benzene ring substituents is 1. The van der Waals surface area contributed by atoms with Crippen LogP contribution in [0.25, 0.3) is 0 Å². The maximum atomic E-state index is 14.0. The van der Waals surface area contributed by atoms with Crippen LogP contribution in [-0.4, -0.2) is 123 Å². The van der Waals surface area contributed by atoms with E-state index in [4.69, 9.17) is 15.2 Å². The lowest BCUT2D eigenvalue weighted by Crippen LogP contribution is -2.54. The second-order valence-electron chi connectivity index (χ2n) is 19.3. The molecule has 382 valence electrons. The van der Waals surface area contributed by atoms with E-state index in [0.29, 0.717) is 57.5 Å². The summed E-state index contributed by atoms with van der Waals surface area (Å²) in [7, 11) is 0. The van der Waals surface area contributed by atoms with Gasteiger partial charge in [0.15, 0.2) is 0 Å². The number of amides is 4. The number of halogens is 6. The lowest BCUT2D eigenvalue weighted by molar-refractivity contribution is -0.384. The maximum Gasteiger partial charge on any atom is 0.417 e. The van der Waals surface area contributed by atoms with Crippen molar-refractivity contribution in [3.8, 4) is 0 Å². The molecule has 2 atom stereocenters. The molecule has 0 radical (unpaired) electrons. The van der Waals surface area contributed by atoms with E-state index in [0.717, 1.165) is 12.1 Å². The Morgan fingerprint density at radius 3 is 1.41 bits per heavy atom. The van der Waals surface area contributed by atoms with Crippen molar-refractivity contribution in [1.29, 1.82) is 0 Å². The van der Waals surface area contributed by atoms with Crippen LogP contribution in [0.1, 0.15) is 141 Å². The molecule has 2 aliphatic rings. The van der Waals surface area contributed by atoms with E-state index in [1.165, 1.54) is 19.6 Å². The quantitative estimate of drug-likeness (QED) is 0.0840. The van der Waals surface area contributed by atoms with E-state index < -0.39 is 105 Å². The van der Waals surface area contributed by atoms with Gasteiger partial charge in [0.05, 0.1) is 50.6 Å². The molecule has 4 N–H and O–H groups in total. The van der Waals surface area contributed by atoms with Crippen molar-refractivity contribution in [1.82, 2.24) is 19.6 Å². The largest absolute Gasteiger partial charge is 0.444 e. The number of anilines is 3. The fraction of sp³-hybridized carbons (Fsp3) is 0.652. The highest BCUT2D eigenvalue weighted by Gasteiger charge is 2.43. The highest BCUT2D eigenvalue weighted by atomic mass is 19.4. The number of carbonyl (C=O) groups is 4. The van der Waals surface area contributed by atoms with Crippen LogP contribution in [0.15, 0.2) is 24.3 Å². The van der Waals surface area contributed by atoms with Crippen molar-refractivity contribution in [2.75, 3.05) is 55.6 Å². The Balaban J connectivity index is 0.000000361. The van der Waals surface area contributed by atoms with Gasteiger partial charge in [-0.05, 0) is 127 Å². The van der Waals surface area contributed by atoms with Crippen LogP contribution < -0.4 is 16.4 Å². The molecule has 0 unspecified atom stereocenters. The Kier molecular flexibility index (Phi) is 18.8.